The van der Waals surface area contributed by atoms with Crippen molar-refractivity contribution in [2.24, 2.45) is 10.9 Å². The zero-order chi connectivity index (χ0) is 18.2. The van der Waals surface area contributed by atoms with Gasteiger partial charge in [-0.15, -0.1) is 24.0 Å². The number of methoxy groups -OCH3 is 1. The van der Waals surface area contributed by atoms with Crippen molar-refractivity contribution in [1.29, 1.82) is 0 Å². The molecule has 0 aromatic rings. The molecule has 3 aliphatic heterocycles. The van der Waals surface area contributed by atoms with Crippen LogP contribution < -0.4 is 5.32 Å². The van der Waals surface area contributed by atoms with Crippen LogP contribution in [0.1, 0.15) is 25.7 Å². The van der Waals surface area contributed by atoms with Gasteiger partial charge in [0.25, 0.3) is 0 Å². The predicted octanol–water partition coefficient (Wildman–Crippen LogP) is 1.42. The lowest BCUT2D eigenvalue weighted by atomic mass is 9.97. The molecule has 3 fully saturated rings. The molecule has 0 amide bonds. The summed E-state index contributed by atoms with van der Waals surface area (Å²) < 4.78 is 17.0. The summed E-state index contributed by atoms with van der Waals surface area (Å²) in [6.45, 7) is 8.64. The molecule has 0 spiro atoms. The molecule has 3 saturated heterocycles. The summed E-state index contributed by atoms with van der Waals surface area (Å²) in [4.78, 5) is 9.36. The number of rotatable bonds is 6. The van der Waals surface area contributed by atoms with Crippen LogP contribution in [0, 0.1) is 5.92 Å². The highest BCUT2D eigenvalue weighted by atomic mass is 127. The van der Waals surface area contributed by atoms with Crippen molar-refractivity contribution >= 4 is 29.9 Å². The average Bonchev–Trinajstić information content (AvgIpc) is 3.23. The minimum absolute atomic E-state index is 0. The minimum atomic E-state index is 0. The quantitative estimate of drug-likeness (QED) is 0.341. The first-order valence-corrected chi connectivity index (χ1v) is 10.2. The summed E-state index contributed by atoms with van der Waals surface area (Å²) in [7, 11) is 3.66. The lowest BCUT2D eigenvalue weighted by Gasteiger charge is -2.38. The van der Waals surface area contributed by atoms with Crippen molar-refractivity contribution in [3.63, 3.8) is 0 Å². The first-order chi connectivity index (χ1) is 12.8. The fourth-order valence-electron chi connectivity index (χ4n) is 4.19. The van der Waals surface area contributed by atoms with Gasteiger partial charge in [-0.3, -0.25) is 4.99 Å². The number of hydrogen-bond acceptors (Lipinski definition) is 5. The molecule has 0 aromatic carbocycles. The highest BCUT2D eigenvalue weighted by Crippen LogP contribution is 2.21. The predicted molar refractivity (Wildman–Crippen MR) is 118 cm³/mol. The Hall–Kier alpha value is -0.160. The number of nitrogens with one attached hydrogen (secondary N) is 1. The summed E-state index contributed by atoms with van der Waals surface area (Å²) in [6, 6.07) is 0. The van der Waals surface area contributed by atoms with Crippen molar-refractivity contribution in [2.75, 3.05) is 73.2 Å². The Morgan fingerprint density at radius 3 is 2.56 bits per heavy atom. The number of morpholine rings is 1. The normalized spacial score (nSPS) is 28.2. The van der Waals surface area contributed by atoms with E-state index in [1.165, 1.54) is 25.9 Å². The molecule has 27 heavy (non-hydrogen) atoms. The van der Waals surface area contributed by atoms with Gasteiger partial charge in [-0.25, -0.2) is 0 Å². The highest BCUT2D eigenvalue weighted by Gasteiger charge is 2.32. The van der Waals surface area contributed by atoms with Crippen molar-refractivity contribution in [1.82, 2.24) is 15.1 Å². The van der Waals surface area contributed by atoms with Gasteiger partial charge in [0.2, 0.25) is 0 Å². The van der Waals surface area contributed by atoms with E-state index in [9.17, 15) is 0 Å². The van der Waals surface area contributed by atoms with Gasteiger partial charge in [-0.1, -0.05) is 0 Å². The topological polar surface area (TPSA) is 58.6 Å². The fourth-order valence-corrected chi connectivity index (χ4v) is 4.19. The van der Waals surface area contributed by atoms with Gasteiger partial charge in [0, 0.05) is 46.9 Å². The zero-order valence-electron chi connectivity index (χ0n) is 16.9. The molecule has 0 bridgehead atoms. The van der Waals surface area contributed by atoms with E-state index in [-0.39, 0.29) is 36.2 Å². The molecule has 0 saturated carbocycles. The third-order valence-corrected chi connectivity index (χ3v) is 5.85. The Balaban J connectivity index is 0.00000261. The zero-order valence-corrected chi connectivity index (χ0v) is 19.2. The van der Waals surface area contributed by atoms with Gasteiger partial charge in [0.1, 0.15) is 6.10 Å². The van der Waals surface area contributed by atoms with Gasteiger partial charge in [0.15, 0.2) is 5.96 Å². The molecule has 158 valence electrons. The number of ether oxygens (including phenoxy) is 3. The number of nitrogens with zero attached hydrogens (tertiary/aromatic N) is 3. The SMILES string of the molecule is CN=C(NCC1CCN(CCOC)CC1)N1CCOC(C2CCCO2)C1.I. The van der Waals surface area contributed by atoms with Crippen LogP contribution in [0.3, 0.4) is 0 Å². The summed E-state index contributed by atoms with van der Waals surface area (Å²) in [5.41, 5.74) is 0. The maximum absolute atomic E-state index is 5.96. The molecule has 7 nitrogen and oxygen atoms in total. The second-order valence-electron chi connectivity index (χ2n) is 7.61. The first kappa shape index (κ1) is 23.1. The number of halogens is 1. The molecule has 8 heteroatoms. The van der Waals surface area contributed by atoms with Gasteiger partial charge >= 0.3 is 0 Å². The van der Waals surface area contributed by atoms with Crippen molar-refractivity contribution in [3.05, 3.63) is 0 Å². The smallest absolute Gasteiger partial charge is 0.193 e. The van der Waals surface area contributed by atoms with E-state index in [4.69, 9.17) is 14.2 Å². The number of aliphatic imine (C=N–C) groups is 1. The van der Waals surface area contributed by atoms with Crippen molar-refractivity contribution in [3.8, 4) is 0 Å². The van der Waals surface area contributed by atoms with Crippen LogP contribution in [0.25, 0.3) is 0 Å². The Morgan fingerprint density at radius 1 is 1.11 bits per heavy atom. The van der Waals surface area contributed by atoms with Crippen LogP contribution in [-0.4, -0.2) is 101 Å². The second-order valence-corrected chi connectivity index (χ2v) is 7.61. The van der Waals surface area contributed by atoms with Gasteiger partial charge in [-0.05, 0) is 44.7 Å². The summed E-state index contributed by atoms with van der Waals surface area (Å²) >= 11 is 0. The Morgan fingerprint density at radius 2 is 1.89 bits per heavy atom. The molecule has 3 aliphatic rings. The fraction of sp³-hybridized carbons (Fsp3) is 0.947. The van der Waals surface area contributed by atoms with Crippen LogP contribution in [0.2, 0.25) is 0 Å². The summed E-state index contributed by atoms with van der Waals surface area (Å²) in [5.74, 6) is 1.73. The van der Waals surface area contributed by atoms with Crippen LogP contribution >= 0.6 is 24.0 Å². The number of hydrogen-bond donors (Lipinski definition) is 1. The standard InChI is InChI=1S/C19H36N4O3.HI/c1-20-19(21-14-16-5-7-22(8-6-16)9-12-24-2)23-10-13-26-18(15-23)17-4-3-11-25-17;/h16-18H,3-15H2,1-2H3,(H,20,21);1H. The number of piperidine rings is 1. The molecule has 2 unspecified atom stereocenters. The van der Waals surface area contributed by atoms with Crippen LogP contribution in [0.15, 0.2) is 4.99 Å². The average molecular weight is 496 g/mol. The summed E-state index contributed by atoms with van der Waals surface area (Å²) in [5, 5.41) is 3.61. The third-order valence-electron chi connectivity index (χ3n) is 5.85. The Bertz CT molecular complexity index is 441. The lowest BCUT2D eigenvalue weighted by Crippen LogP contribution is -2.54. The lowest BCUT2D eigenvalue weighted by molar-refractivity contribution is -0.0817. The maximum Gasteiger partial charge on any atom is 0.193 e. The van der Waals surface area contributed by atoms with Crippen LogP contribution in [0.5, 0.6) is 0 Å². The third kappa shape index (κ3) is 6.99. The molecule has 0 radical (unpaired) electrons. The van der Waals surface area contributed by atoms with E-state index in [1.54, 1.807) is 7.11 Å². The van der Waals surface area contributed by atoms with Gasteiger partial charge < -0.3 is 29.3 Å². The monoisotopic (exact) mass is 496 g/mol. The number of likely N-dealkylation sites (tertiary alicyclic amines) is 1. The largest absolute Gasteiger partial charge is 0.383 e. The van der Waals surface area contributed by atoms with Gasteiger partial charge in [0.05, 0.1) is 19.3 Å². The molecule has 1 N–H and O–H groups in total. The van der Waals surface area contributed by atoms with Crippen LogP contribution in [-0.2, 0) is 14.2 Å². The second kappa shape index (κ2) is 12.4. The Kier molecular flexibility index (Phi) is 10.6. The van der Waals surface area contributed by atoms with Crippen molar-refractivity contribution < 1.29 is 14.2 Å². The van der Waals surface area contributed by atoms with E-state index in [1.807, 2.05) is 7.05 Å². The first-order valence-electron chi connectivity index (χ1n) is 10.2. The molecular weight excluding hydrogens is 459 g/mol. The van der Waals surface area contributed by atoms with E-state index in [2.05, 4.69) is 20.1 Å². The minimum Gasteiger partial charge on any atom is -0.383 e. The Labute approximate surface area is 181 Å². The number of guanidine groups is 1. The van der Waals surface area contributed by atoms with Gasteiger partial charge in [-0.2, -0.15) is 0 Å². The maximum atomic E-state index is 5.96. The van der Waals surface area contributed by atoms with E-state index < -0.39 is 0 Å². The molecule has 0 aliphatic carbocycles. The molecular formula is C19H37IN4O3. The van der Waals surface area contributed by atoms with Crippen molar-refractivity contribution in [2.45, 2.75) is 37.9 Å². The van der Waals surface area contributed by atoms with E-state index >= 15 is 0 Å². The van der Waals surface area contributed by atoms with E-state index in [0.717, 1.165) is 70.7 Å². The molecule has 2 atom stereocenters. The highest BCUT2D eigenvalue weighted by molar-refractivity contribution is 14.0. The molecule has 0 aromatic heterocycles. The summed E-state index contributed by atoms with van der Waals surface area (Å²) in [6.07, 6.45) is 5.19. The van der Waals surface area contributed by atoms with E-state index in [0.29, 0.717) is 0 Å². The van der Waals surface area contributed by atoms with Crippen LogP contribution in [0.4, 0.5) is 0 Å². The molecule has 3 heterocycles. The molecule has 3 rings (SSSR count).